The van der Waals surface area contributed by atoms with Crippen molar-refractivity contribution in [2.75, 3.05) is 6.54 Å². The molecule has 1 saturated heterocycles. The lowest BCUT2D eigenvalue weighted by atomic mass is 10.00. The van der Waals surface area contributed by atoms with Crippen LogP contribution in [0.4, 0.5) is 4.79 Å². The molecule has 0 aliphatic carbocycles. The van der Waals surface area contributed by atoms with E-state index in [4.69, 9.17) is 5.73 Å². The summed E-state index contributed by atoms with van der Waals surface area (Å²) >= 11 is 0. The molecule has 6 heteroatoms. The average Bonchev–Trinajstić information content (AvgIpc) is 2.15. The van der Waals surface area contributed by atoms with Crippen molar-refractivity contribution in [1.29, 1.82) is 0 Å². The fourth-order valence-electron chi connectivity index (χ4n) is 2.08. The summed E-state index contributed by atoms with van der Waals surface area (Å²) in [5, 5.41) is 4.10. The van der Waals surface area contributed by atoms with Crippen LogP contribution in [0.1, 0.15) is 33.1 Å². The molecule has 0 aromatic heterocycles. The molecule has 1 aliphatic heterocycles. The largest absolute Gasteiger partial charge is 0.351 e. The number of imide groups is 1. The Morgan fingerprint density at radius 2 is 1.88 bits per heavy atom. The Morgan fingerprint density at radius 3 is 2.38 bits per heavy atom. The van der Waals surface area contributed by atoms with E-state index in [9.17, 15) is 9.59 Å². The number of rotatable bonds is 3. The highest BCUT2D eigenvalue weighted by Gasteiger charge is 2.24. The first kappa shape index (κ1) is 12.9. The minimum atomic E-state index is -0.813. The Balaban J connectivity index is 2.35. The quantitative estimate of drug-likeness (QED) is 0.632. The summed E-state index contributed by atoms with van der Waals surface area (Å²) < 4.78 is 0. The third kappa shape index (κ3) is 3.79. The standard InChI is InChI=1S/C10H20N4O2/c1-7-4-3-5-8(2)14(7)12-6-9(15)13-10(11)16/h7-8,12H,3-6H2,1-2H3,(H3,11,13,15,16). The Hall–Kier alpha value is -1.14. The van der Waals surface area contributed by atoms with Gasteiger partial charge >= 0.3 is 6.03 Å². The van der Waals surface area contributed by atoms with E-state index in [0.29, 0.717) is 12.1 Å². The maximum Gasteiger partial charge on any atom is 0.318 e. The van der Waals surface area contributed by atoms with Gasteiger partial charge in [-0.25, -0.2) is 15.2 Å². The zero-order valence-electron chi connectivity index (χ0n) is 9.82. The number of piperidine rings is 1. The number of hydrogen-bond donors (Lipinski definition) is 3. The van der Waals surface area contributed by atoms with Crippen LogP contribution in [0, 0.1) is 0 Å². The number of amides is 3. The monoisotopic (exact) mass is 228 g/mol. The van der Waals surface area contributed by atoms with Crippen LogP contribution in [0.2, 0.25) is 0 Å². The molecule has 4 N–H and O–H groups in total. The van der Waals surface area contributed by atoms with Gasteiger partial charge in [0.1, 0.15) is 0 Å². The minimum absolute atomic E-state index is 0.0810. The molecule has 1 fully saturated rings. The molecule has 0 aromatic carbocycles. The van der Waals surface area contributed by atoms with E-state index in [-0.39, 0.29) is 6.54 Å². The maximum atomic E-state index is 11.2. The summed E-state index contributed by atoms with van der Waals surface area (Å²) in [7, 11) is 0. The summed E-state index contributed by atoms with van der Waals surface area (Å²) in [5.41, 5.74) is 7.88. The van der Waals surface area contributed by atoms with E-state index >= 15 is 0 Å². The fraction of sp³-hybridized carbons (Fsp3) is 0.800. The minimum Gasteiger partial charge on any atom is -0.351 e. The van der Waals surface area contributed by atoms with Crippen molar-refractivity contribution in [3.63, 3.8) is 0 Å². The highest BCUT2D eigenvalue weighted by molar-refractivity contribution is 5.94. The Kier molecular flexibility index (Phi) is 4.70. The number of nitrogens with one attached hydrogen (secondary N) is 2. The lowest BCUT2D eigenvalue weighted by Gasteiger charge is -2.38. The van der Waals surface area contributed by atoms with Crippen molar-refractivity contribution >= 4 is 11.9 Å². The normalized spacial score (nSPS) is 26.4. The van der Waals surface area contributed by atoms with E-state index in [1.165, 1.54) is 6.42 Å². The highest BCUT2D eigenvalue weighted by Crippen LogP contribution is 2.19. The molecule has 1 heterocycles. The summed E-state index contributed by atoms with van der Waals surface area (Å²) in [4.78, 5) is 21.6. The van der Waals surface area contributed by atoms with Crippen molar-refractivity contribution in [3.05, 3.63) is 0 Å². The molecule has 92 valence electrons. The third-order valence-electron chi connectivity index (χ3n) is 2.88. The van der Waals surface area contributed by atoms with Gasteiger partial charge in [0.05, 0.1) is 6.54 Å². The molecular weight excluding hydrogens is 208 g/mol. The predicted octanol–water partition coefficient (Wildman–Crippen LogP) is -0.0512. The van der Waals surface area contributed by atoms with Gasteiger partial charge in [-0.15, -0.1) is 0 Å². The van der Waals surface area contributed by atoms with Crippen LogP contribution in [-0.4, -0.2) is 35.6 Å². The van der Waals surface area contributed by atoms with Crippen molar-refractivity contribution in [3.8, 4) is 0 Å². The van der Waals surface area contributed by atoms with Crippen LogP contribution >= 0.6 is 0 Å². The summed E-state index contributed by atoms with van der Waals surface area (Å²) in [6.45, 7) is 4.32. The van der Waals surface area contributed by atoms with E-state index in [1.54, 1.807) is 0 Å². The number of hydrogen-bond acceptors (Lipinski definition) is 4. The second-order valence-electron chi connectivity index (χ2n) is 4.28. The smallest absolute Gasteiger partial charge is 0.318 e. The molecular formula is C10H20N4O2. The SMILES string of the molecule is CC1CCCC(C)N1NCC(=O)NC(N)=O. The van der Waals surface area contributed by atoms with Gasteiger partial charge in [-0.05, 0) is 26.7 Å². The second kappa shape index (κ2) is 5.81. The molecule has 2 atom stereocenters. The molecule has 0 aromatic rings. The van der Waals surface area contributed by atoms with Gasteiger partial charge < -0.3 is 5.73 Å². The van der Waals surface area contributed by atoms with Gasteiger partial charge in [0, 0.05) is 12.1 Å². The molecule has 1 rings (SSSR count). The van der Waals surface area contributed by atoms with Crippen molar-refractivity contribution in [1.82, 2.24) is 15.8 Å². The van der Waals surface area contributed by atoms with Crippen molar-refractivity contribution < 1.29 is 9.59 Å². The number of hydrazine groups is 1. The summed E-state index contributed by atoms with van der Waals surface area (Å²) in [5.74, 6) is -0.405. The summed E-state index contributed by atoms with van der Waals surface area (Å²) in [6.07, 6.45) is 3.46. The van der Waals surface area contributed by atoms with E-state index in [1.807, 2.05) is 5.32 Å². The van der Waals surface area contributed by atoms with Crippen LogP contribution in [0.5, 0.6) is 0 Å². The topological polar surface area (TPSA) is 87.5 Å². The highest BCUT2D eigenvalue weighted by atomic mass is 16.2. The van der Waals surface area contributed by atoms with Crippen LogP contribution < -0.4 is 16.5 Å². The Morgan fingerprint density at radius 1 is 1.31 bits per heavy atom. The third-order valence-corrected chi connectivity index (χ3v) is 2.88. The number of carbonyl (C=O) groups is 2. The lowest BCUT2D eigenvalue weighted by Crippen LogP contribution is -2.55. The van der Waals surface area contributed by atoms with Crippen molar-refractivity contribution in [2.24, 2.45) is 5.73 Å². The van der Waals surface area contributed by atoms with E-state index in [0.717, 1.165) is 12.8 Å². The first-order valence-electron chi connectivity index (χ1n) is 5.62. The molecule has 0 spiro atoms. The molecule has 0 radical (unpaired) electrons. The van der Waals surface area contributed by atoms with Gasteiger partial charge in [-0.3, -0.25) is 10.1 Å². The number of carbonyl (C=O) groups excluding carboxylic acids is 2. The Bertz CT molecular complexity index is 260. The van der Waals surface area contributed by atoms with Crippen LogP contribution in [0.25, 0.3) is 0 Å². The predicted molar refractivity (Wildman–Crippen MR) is 60.3 cm³/mol. The van der Waals surface area contributed by atoms with E-state index in [2.05, 4.69) is 24.3 Å². The molecule has 6 nitrogen and oxygen atoms in total. The average molecular weight is 228 g/mol. The first-order chi connectivity index (χ1) is 7.50. The van der Waals surface area contributed by atoms with Gasteiger partial charge in [0.2, 0.25) is 5.91 Å². The van der Waals surface area contributed by atoms with Gasteiger partial charge in [-0.2, -0.15) is 0 Å². The second-order valence-corrected chi connectivity index (χ2v) is 4.28. The number of urea groups is 1. The zero-order valence-corrected chi connectivity index (χ0v) is 9.82. The van der Waals surface area contributed by atoms with Gasteiger partial charge in [-0.1, -0.05) is 6.42 Å². The molecule has 1 aliphatic rings. The Labute approximate surface area is 95.5 Å². The first-order valence-corrected chi connectivity index (χ1v) is 5.62. The fourth-order valence-corrected chi connectivity index (χ4v) is 2.08. The molecule has 0 bridgehead atoms. The van der Waals surface area contributed by atoms with Gasteiger partial charge in [0.15, 0.2) is 0 Å². The maximum absolute atomic E-state index is 11.2. The zero-order chi connectivity index (χ0) is 12.1. The van der Waals surface area contributed by atoms with Crippen LogP contribution in [0.3, 0.4) is 0 Å². The molecule has 2 unspecified atom stereocenters. The van der Waals surface area contributed by atoms with E-state index < -0.39 is 11.9 Å². The lowest BCUT2D eigenvalue weighted by molar-refractivity contribution is -0.120. The van der Waals surface area contributed by atoms with Gasteiger partial charge in [0.25, 0.3) is 0 Å². The van der Waals surface area contributed by atoms with Crippen LogP contribution in [0.15, 0.2) is 0 Å². The van der Waals surface area contributed by atoms with Crippen molar-refractivity contribution in [2.45, 2.75) is 45.2 Å². The molecule has 3 amide bonds. The molecule has 16 heavy (non-hydrogen) atoms. The number of nitrogens with two attached hydrogens (primary N) is 1. The number of nitrogens with zero attached hydrogens (tertiary/aromatic N) is 1. The number of primary amides is 1. The molecule has 0 saturated carbocycles. The van der Waals surface area contributed by atoms with Crippen LogP contribution in [-0.2, 0) is 4.79 Å². The summed E-state index contributed by atoms with van der Waals surface area (Å²) in [6, 6.07) is 0.00166.